The summed E-state index contributed by atoms with van der Waals surface area (Å²) in [6, 6.07) is 13.5. The normalized spacial score (nSPS) is 15.9. The first-order valence-electron chi connectivity index (χ1n) is 11.9. The van der Waals surface area contributed by atoms with Gasteiger partial charge in [0.2, 0.25) is 0 Å². The van der Waals surface area contributed by atoms with Crippen molar-refractivity contribution in [1.82, 2.24) is 15.0 Å². The quantitative estimate of drug-likeness (QED) is 0.300. The highest BCUT2D eigenvalue weighted by Gasteiger charge is 2.24. The number of piperidine rings is 1. The molecule has 37 heavy (non-hydrogen) atoms. The number of amides is 1. The predicted octanol–water partition coefficient (Wildman–Crippen LogP) is 5.88. The van der Waals surface area contributed by atoms with E-state index in [0.29, 0.717) is 33.9 Å². The van der Waals surface area contributed by atoms with Crippen LogP contribution in [0.5, 0.6) is 0 Å². The summed E-state index contributed by atoms with van der Waals surface area (Å²) in [6.45, 7) is 1.50. The molecule has 6 rings (SSSR count). The number of benzene rings is 2. The lowest BCUT2D eigenvalue weighted by Crippen LogP contribution is -2.43. The average molecular weight is 533 g/mol. The van der Waals surface area contributed by atoms with E-state index in [2.05, 4.69) is 25.2 Å². The van der Waals surface area contributed by atoms with Crippen molar-refractivity contribution >= 4 is 61.5 Å². The van der Waals surface area contributed by atoms with E-state index in [4.69, 9.17) is 17.3 Å². The second-order valence-electron chi connectivity index (χ2n) is 9.03. The molecule has 3 aromatic heterocycles. The summed E-state index contributed by atoms with van der Waals surface area (Å²) >= 11 is 7.71. The molecule has 0 unspecified atom stereocenters. The van der Waals surface area contributed by atoms with Gasteiger partial charge in [0.1, 0.15) is 21.9 Å². The predicted molar refractivity (Wildman–Crippen MR) is 147 cm³/mol. The number of nitrogens with zero attached hydrogens (tertiary/aromatic N) is 4. The number of nitrogens with two attached hydrogens (primary N) is 1. The third-order valence-electron chi connectivity index (χ3n) is 6.54. The van der Waals surface area contributed by atoms with Gasteiger partial charge in [-0.05, 0) is 42.7 Å². The fourth-order valence-corrected chi connectivity index (χ4v) is 5.69. The van der Waals surface area contributed by atoms with Gasteiger partial charge in [-0.2, -0.15) is 0 Å². The summed E-state index contributed by atoms with van der Waals surface area (Å²) in [5.41, 5.74) is 11.8. The number of hydrogen-bond donors (Lipinski definition) is 2. The number of carbonyl (C=O) groups excluding carboxylic acids is 1. The topological polar surface area (TPSA) is 97.0 Å². The van der Waals surface area contributed by atoms with Gasteiger partial charge in [0.15, 0.2) is 0 Å². The molecule has 1 aliphatic heterocycles. The van der Waals surface area contributed by atoms with E-state index in [1.165, 1.54) is 17.4 Å². The number of carbonyl (C=O) groups is 1. The molecule has 1 atom stereocenters. The van der Waals surface area contributed by atoms with Crippen molar-refractivity contribution in [3.05, 3.63) is 76.8 Å². The smallest absolute Gasteiger partial charge is 0.274 e. The van der Waals surface area contributed by atoms with Crippen LogP contribution in [0.2, 0.25) is 5.02 Å². The molecule has 0 saturated carbocycles. The Labute approximate surface area is 221 Å². The van der Waals surface area contributed by atoms with E-state index in [1.807, 2.05) is 12.1 Å². The first-order chi connectivity index (χ1) is 18.0. The minimum atomic E-state index is -0.421. The fraction of sp³-hybridized carbons (Fsp3) is 0.185. The summed E-state index contributed by atoms with van der Waals surface area (Å²) in [5, 5.41) is 4.12. The zero-order valence-corrected chi connectivity index (χ0v) is 21.2. The number of fused-ring (bicyclic) bond motifs is 2. The molecule has 0 bridgehead atoms. The number of nitrogens with one attached hydrogen (secondary N) is 1. The van der Waals surface area contributed by atoms with Gasteiger partial charge >= 0.3 is 0 Å². The van der Waals surface area contributed by atoms with E-state index in [-0.39, 0.29) is 17.6 Å². The maximum absolute atomic E-state index is 14.5. The Morgan fingerprint density at radius 2 is 2.05 bits per heavy atom. The van der Waals surface area contributed by atoms with Crippen molar-refractivity contribution < 1.29 is 9.18 Å². The molecule has 1 saturated heterocycles. The van der Waals surface area contributed by atoms with Crippen molar-refractivity contribution in [3.63, 3.8) is 0 Å². The number of thiazole rings is 1. The molecule has 3 N–H and O–H groups in total. The minimum Gasteiger partial charge on any atom is -0.366 e. The second kappa shape index (κ2) is 9.66. The van der Waals surface area contributed by atoms with Gasteiger partial charge in [0.05, 0.1) is 33.6 Å². The van der Waals surface area contributed by atoms with Crippen LogP contribution in [0.3, 0.4) is 0 Å². The van der Waals surface area contributed by atoms with Gasteiger partial charge in [0.25, 0.3) is 5.91 Å². The van der Waals surface area contributed by atoms with Crippen molar-refractivity contribution in [2.45, 2.75) is 18.9 Å². The van der Waals surface area contributed by atoms with Crippen LogP contribution in [0.15, 0.2) is 60.2 Å². The number of hydrogen-bond acceptors (Lipinski definition) is 7. The lowest BCUT2D eigenvalue weighted by Gasteiger charge is -2.33. The number of rotatable bonds is 4. The van der Waals surface area contributed by atoms with Crippen molar-refractivity contribution in [2.24, 2.45) is 5.73 Å². The zero-order chi connectivity index (χ0) is 25.5. The van der Waals surface area contributed by atoms with E-state index < -0.39 is 5.82 Å². The van der Waals surface area contributed by atoms with Crippen LogP contribution in [0, 0.1) is 5.82 Å². The summed E-state index contributed by atoms with van der Waals surface area (Å²) < 4.78 is 14.5. The monoisotopic (exact) mass is 532 g/mol. The molecular weight excluding hydrogens is 511 g/mol. The van der Waals surface area contributed by atoms with Crippen LogP contribution >= 0.6 is 22.9 Å². The third-order valence-corrected chi connectivity index (χ3v) is 7.59. The molecule has 2 aromatic carbocycles. The summed E-state index contributed by atoms with van der Waals surface area (Å²) in [7, 11) is 0. The molecule has 0 radical (unpaired) electrons. The number of aromatic nitrogens is 3. The maximum atomic E-state index is 14.5. The molecule has 0 spiro atoms. The molecule has 7 nitrogen and oxygen atoms in total. The summed E-state index contributed by atoms with van der Waals surface area (Å²) in [5.74, 6) is -0.800. The Balaban J connectivity index is 1.35. The SMILES string of the molecule is N[C@H]1CCCN(c2c(NC(=O)c3ccc4ccc(-c5c(F)cccc5Cl)cc4n3)cnc3scnc23)C1. The molecule has 1 fully saturated rings. The molecule has 5 aromatic rings. The van der Waals surface area contributed by atoms with Gasteiger partial charge in [0, 0.05) is 30.1 Å². The highest BCUT2D eigenvalue weighted by molar-refractivity contribution is 7.16. The highest BCUT2D eigenvalue weighted by Crippen LogP contribution is 2.36. The Morgan fingerprint density at radius 3 is 2.89 bits per heavy atom. The molecule has 0 aliphatic carbocycles. The third kappa shape index (κ3) is 4.50. The van der Waals surface area contributed by atoms with Crippen molar-refractivity contribution in [2.75, 3.05) is 23.3 Å². The Kier molecular flexibility index (Phi) is 6.19. The maximum Gasteiger partial charge on any atom is 0.274 e. The van der Waals surface area contributed by atoms with Crippen LogP contribution in [-0.4, -0.2) is 40.0 Å². The van der Waals surface area contributed by atoms with Gasteiger partial charge in [-0.3, -0.25) is 4.79 Å². The first kappa shape index (κ1) is 23.7. The zero-order valence-electron chi connectivity index (χ0n) is 19.6. The van der Waals surface area contributed by atoms with Crippen LogP contribution in [0.25, 0.3) is 32.4 Å². The molecule has 1 aliphatic rings. The lowest BCUT2D eigenvalue weighted by atomic mass is 10.0. The molecule has 4 heterocycles. The highest BCUT2D eigenvalue weighted by atomic mass is 35.5. The van der Waals surface area contributed by atoms with Crippen LogP contribution in [0.4, 0.5) is 15.8 Å². The Morgan fingerprint density at radius 1 is 1.19 bits per heavy atom. The number of pyridine rings is 2. The van der Waals surface area contributed by atoms with Gasteiger partial charge in [-0.1, -0.05) is 35.9 Å². The molecular formula is C27H22ClFN6OS. The Hall–Kier alpha value is -3.66. The van der Waals surface area contributed by atoms with Gasteiger partial charge < -0.3 is 16.0 Å². The number of halogens is 2. The van der Waals surface area contributed by atoms with E-state index in [1.54, 1.807) is 42.0 Å². The van der Waals surface area contributed by atoms with Crippen molar-refractivity contribution in [3.8, 4) is 11.1 Å². The fourth-order valence-electron chi connectivity index (χ4n) is 4.79. The second-order valence-corrected chi connectivity index (χ2v) is 10.3. The Bertz CT molecular complexity index is 1640. The van der Waals surface area contributed by atoms with Crippen molar-refractivity contribution in [1.29, 1.82) is 0 Å². The van der Waals surface area contributed by atoms with Crippen LogP contribution in [0.1, 0.15) is 23.3 Å². The number of anilines is 2. The van der Waals surface area contributed by atoms with E-state index >= 15 is 0 Å². The molecule has 1 amide bonds. The van der Waals surface area contributed by atoms with E-state index in [9.17, 15) is 9.18 Å². The largest absolute Gasteiger partial charge is 0.366 e. The minimum absolute atomic E-state index is 0.0541. The van der Waals surface area contributed by atoms with Gasteiger partial charge in [-0.15, -0.1) is 11.3 Å². The van der Waals surface area contributed by atoms with Gasteiger partial charge in [-0.25, -0.2) is 19.3 Å². The summed E-state index contributed by atoms with van der Waals surface area (Å²) in [6.07, 6.45) is 3.58. The summed E-state index contributed by atoms with van der Waals surface area (Å²) in [4.78, 5) is 29.9. The lowest BCUT2D eigenvalue weighted by molar-refractivity contribution is 0.102. The molecule has 10 heteroatoms. The molecule has 186 valence electrons. The van der Waals surface area contributed by atoms with E-state index in [0.717, 1.165) is 40.8 Å². The first-order valence-corrected chi connectivity index (χ1v) is 13.1. The van der Waals surface area contributed by atoms with Crippen LogP contribution in [-0.2, 0) is 0 Å². The van der Waals surface area contributed by atoms with Crippen LogP contribution < -0.4 is 16.0 Å². The standard InChI is InChI=1S/C27H22ClFN6OS/c28-18-4-1-5-19(29)23(18)16-7-6-15-8-9-20(33-21(15)11-16)26(36)34-22-12-31-27-24(32-14-37-27)25(22)35-10-2-3-17(30)13-35/h1,4-9,11-12,14,17H,2-3,10,13,30H2,(H,34,36)/t17-/m0/s1. The average Bonchev–Trinajstić information content (AvgIpc) is 3.37.